The second-order valence-corrected chi connectivity index (χ2v) is 21.2. The van der Waals surface area contributed by atoms with Crippen LogP contribution in [-0.4, -0.2) is 29.9 Å². The van der Waals surface area contributed by atoms with Crippen LogP contribution in [0, 0.1) is 0 Å². The molecule has 13 aromatic rings. The molecule has 81 heavy (non-hydrogen) atoms. The fourth-order valence-electron chi connectivity index (χ4n) is 13.4. The van der Waals surface area contributed by atoms with E-state index in [-0.39, 0.29) is 11.8 Å². The molecule has 0 saturated heterocycles. The normalized spacial score (nSPS) is 14.8. The maximum absolute atomic E-state index is 5.42. The van der Waals surface area contributed by atoms with Crippen molar-refractivity contribution in [1.82, 2.24) is 29.9 Å². The summed E-state index contributed by atoms with van der Waals surface area (Å²) < 4.78 is 0. The molecule has 4 aliphatic carbocycles. The minimum atomic E-state index is -0.565. The number of rotatable bonds is 9. The van der Waals surface area contributed by atoms with E-state index in [2.05, 4.69) is 224 Å². The van der Waals surface area contributed by atoms with Gasteiger partial charge in [-0.1, -0.05) is 261 Å². The van der Waals surface area contributed by atoms with Crippen LogP contribution in [0.2, 0.25) is 0 Å². The lowest BCUT2D eigenvalue weighted by atomic mass is 9.61. The zero-order valence-electron chi connectivity index (χ0n) is 43.9. The van der Waals surface area contributed by atoms with Crippen LogP contribution in [-0.2, 0) is 5.41 Å². The highest BCUT2D eigenvalue weighted by molar-refractivity contribution is 5.93. The molecule has 0 fully saturated rings. The Bertz CT molecular complexity index is 4490. The number of aromatic nitrogens is 6. The number of benzene rings is 11. The number of hydrogen-bond acceptors (Lipinski definition) is 6. The first-order valence-electron chi connectivity index (χ1n) is 27.7. The molecule has 6 heteroatoms. The molecular weight excluding hydrogens is 985 g/mol. The molecule has 2 aromatic heterocycles. The Kier molecular flexibility index (Phi) is 10.8. The lowest BCUT2D eigenvalue weighted by Gasteiger charge is -2.42. The van der Waals surface area contributed by atoms with Crippen molar-refractivity contribution >= 4 is 0 Å². The molecule has 11 aromatic carbocycles. The maximum Gasteiger partial charge on any atom is 0.164 e. The van der Waals surface area contributed by atoms with Gasteiger partial charge in [0, 0.05) is 45.2 Å². The maximum atomic E-state index is 5.42. The summed E-state index contributed by atoms with van der Waals surface area (Å²) in [6.07, 6.45) is 0. The third kappa shape index (κ3) is 7.48. The van der Waals surface area contributed by atoms with E-state index in [1.807, 2.05) is 54.6 Å². The lowest BCUT2D eigenvalue weighted by Crippen LogP contribution is -2.29. The van der Waals surface area contributed by atoms with Gasteiger partial charge >= 0.3 is 0 Å². The quantitative estimate of drug-likeness (QED) is 0.143. The molecule has 2 bridgehead atoms. The zero-order valence-corrected chi connectivity index (χ0v) is 43.9. The summed E-state index contributed by atoms with van der Waals surface area (Å²) in [4.78, 5) is 31.3. The van der Waals surface area contributed by atoms with Crippen LogP contribution in [0.4, 0.5) is 0 Å². The van der Waals surface area contributed by atoms with Crippen LogP contribution < -0.4 is 0 Å². The van der Waals surface area contributed by atoms with Gasteiger partial charge in [0.2, 0.25) is 0 Å². The summed E-state index contributed by atoms with van der Waals surface area (Å²) in [6, 6.07) is 99.7. The molecular formula is C75H48N6. The summed E-state index contributed by atoms with van der Waals surface area (Å²) in [5.41, 5.74) is 22.5. The number of hydrogen-bond donors (Lipinski definition) is 0. The predicted octanol–water partition coefficient (Wildman–Crippen LogP) is 17.1. The molecule has 2 atom stereocenters. The summed E-state index contributed by atoms with van der Waals surface area (Å²) in [5, 5.41) is 0. The highest BCUT2D eigenvalue weighted by Crippen LogP contribution is 2.60. The van der Waals surface area contributed by atoms with Gasteiger partial charge in [-0.2, -0.15) is 0 Å². The van der Waals surface area contributed by atoms with E-state index < -0.39 is 5.41 Å². The zero-order chi connectivity index (χ0) is 53.4. The highest BCUT2D eigenvalue weighted by Gasteiger charge is 2.48. The summed E-state index contributed by atoms with van der Waals surface area (Å²) in [6.45, 7) is 0. The van der Waals surface area contributed by atoms with Gasteiger partial charge in [-0.15, -0.1) is 0 Å². The molecule has 4 aliphatic rings. The van der Waals surface area contributed by atoms with Crippen molar-refractivity contribution in [3.05, 3.63) is 335 Å². The Morgan fingerprint density at radius 1 is 0.222 bits per heavy atom. The van der Waals surface area contributed by atoms with Crippen molar-refractivity contribution in [2.45, 2.75) is 17.3 Å². The van der Waals surface area contributed by atoms with Crippen molar-refractivity contribution in [3.63, 3.8) is 0 Å². The van der Waals surface area contributed by atoms with E-state index in [0.717, 1.165) is 44.5 Å². The van der Waals surface area contributed by atoms with Crippen molar-refractivity contribution < 1.29 is 0 Å². The van der Waals surface area contributed by atoms with Crippen molar-refractivity contribution in [1.29, 1.82) is 0 Å². The molecule has 0 N–H and O–H groups in total. The SMILES string of the molecule is c1ccc(-c2nc(-c3ccccc3)nc(-c3ccc4c(c3)C3c5ccccc5C4c4cc(-c5nc(-c6ccccc6)nc(-c6cccc(-c7cccc8c7C(c7ccccc7)(c7ccccc7)c7ccccc7-8)c6)n5)ccc43)n2)cc1. The first-order valence-corrected chi connectivity index (χ1v) is 27.7. The molecule has 378 valence electrons. The first kappa shape index (κ1) is 46.5. The van der Waals surface area contributed by atoms with Crippen LogP contribution >= 0.6 is 0 Å². The van der Waals surface area contributed by atoms with E-state index in [9.17, 15) is 0 Å². The highest BCUT2D eigenvalue weighted by atomic mass is 15.0. The Hall–Kier alpha value is -10.6. The third-order valence-corrected chi connectivity index (χ3v) is 16.8. The fraction of sp³-hybridized carbons (Fsp3) is 0.0400. The minimum absolute atomic E-state index is 0.000471. The van der Waals surface area contributed by atoms with E-state index in [1.165, 1.54) is 66.8 Å². The van der Waals surface area contributed by atoms with E-state index >= 15 is 0 Å². The lowest BCUT2D eigenvalue weighted by molar-refractivity contribution is 0.754. The van der Waals surface area contributed by atoms with Crippen molar-refractivity contribution in [2.75, 3.05) is 0 Å². The average molecular weight is 1030 g/mol. The predicted molar refractivity (Wildman–Crippen MR) is 323 cm³/mol. The van der Waals surface area contributed by atoms with Crippen LogP contribution in [0.15, 0.2) is 279 Å². The van der Waals surface area contributed by atoms with E-state index in [4.69, 9.17) is 29.9 Å². The molecule has 0 aliphatic heterocycles. The molecule has 0 spiro atoms. The van der Waals surface area contributed by atoms with Gasteiger partial charge < -0.3 is 0 Å². The van der Waals surface area contributed by atoms with Crippen LogP contribution in [0.1, 0.15) is 67.5 Å². The summed E-state index contributed by atoms with van der Waals surface area (Å²) in [5.74, 6) is 3.78. The van der Waals surface area contributed by atoms with Crippen LogP contribution in [0.25, 0.3) is 90.6 Å². The smallest absolute Gasteiger partial charge is 0.164 e. The van der Waals surface area contributed by atoms with Crippen molar-refractivity contribution in [3.8, 4) is 90.6 Å². The second kappa shape index (κ2) is 18.8. The standard InChI is InChI=1S/C75H48N6/c1-6-22-47(23-7-1)69-76-70(48-24-8-2-9-25-48)79-73(78-69)52-40-42-60-63(45-52)66-58-35-16-17-36-59(58)67(60)64-46-53(41-43-61(64)66)74-80-71(49-26-10-3-11-27-49)77-72(81-74)51-29-20-28-50(44-51)56-37-21-38-62-57-34-18-19-39-65(57)75(68(56)62,54-30-12-4-13-31-54)55-32-14-5-15-33-55/h1-46,66-67H. The Balaban J connectivity index is 0.821. The van der Waals surface area contributed by atoms with Gasteiger partial charge in [0.15, 0.2) is 34.9 Å². The van der Waals surface area contributed by atoms with Gasteiger partial charge in [-0.05, 0) is 96.1 Å². The Labute approximate surface area is 470 Å². The monoisotopic (exact) mass is 1030 g/mol. The third-order valence-electron chi connectivity index (χ3n) is 16.8. The Morgan fingerprint density at radius 2 is 0.556 bits per heavy atom. The van der Waals surface area contributed by atoms with Crippen LogP contribution in [0.3, 0.4) is 0 Å². The topological polar surface area (TPSA) is 77.3 Å². The van der Waals surface area contributed by atoms with Gasteiger partial charge in [0.25, 0.3) is 0 Å². The van der Waals surface area contributed by atoms with Gasteiger partial charge in [0.05, 0.1) is 5.41 Å². The fourth-order valence-corrected chi connectivity index (χ4v) is 13.4. The largest absolute Gasteiger partial charge is 0.208 e. The molecule has 2 heterocycles. The first-order chi connectivity index (χ1) is 40.2. The summed E-state index contributed by atoms with van der Waals surface area (Å²) in [7, 11) is 0. The van der Waals surface area contributed by atoms with Crippen molar-refractivity contribution in [2.24, 2.45) is 0 Å². The molecule has 6 nitrogen and oxygen atoms in total. The van der Waals surface area contributed by atoms with Gasteiger partial charge in [-0.25, -0.2) is 29.9 Å². The van der Waals surface area contributed by atoms with E-state index in [1.54, 1.807) is 0 Å². The number of fused-ring (bicyclic) bond motifs is 3. The molecule has 0 saturated carbocycles. The average Bonchev–Trinajstić information content (AvgIpc) is 3.31. The van der Waals surface area contributed by atoms with Gasteiger partial charge in [-0.3, -0.25) is 0 Å². The second-order valence-electron chi connectivity index (χ2n) is 21.2. The van der Waals surface area contributed by atoms with E-state index in [0.29, 0.717) is 34.9 Å². The summed E-state index contributed by atoms with van der Waals surface area (Å²) >= 11 is 0. The molecule has 17 rings (SSSR count). The molecule has 0 radical (unpaired) electrons. The van der Waals surface area contributed by atoms with Crippen LogP contribution in [0.5, 0.6) is 0 Å². The minimum Gasteiger partial charge on any atom is -0.208 e. The Morgan fingerprint density at radius 3 is 1.04 bits per heavy atom. The van der Waals surface area contributed by atoms with Gasteiger partial charge in [0.1, 0.15) is 0 Å². The molecule has 0 amide bonds. The molecule has 2 unspecified atom stereocenters. The number of nitrogens with zero attached hydrogens (tertiary/aromatic N) is 6.